The van der Waals surface area contributed by atoms with Crippen LogP contribution in [0.5, 0.6) is 23.0 Å². The summed E-state index contributed by atoms with van der Waals surface area (Å²) >= 11 is 0. The van der Waals surface area contributed by atoms with Gasteiger partial charge < -0.3 is 23.4 Å². The first-order valence-electron chi connectivity index (χ1n) is 8.48. The molecule has 0 radical (unpaired) electrons. The fourth-order valence-electron chi connectivity index (χ4n) is 3.38. The van der Waals surface area contributed by atoms with Crippen LogP contribution in [0.15, 0.2) is 39.5 Å². The van der Waals surface area contributed by atoms with Crippen LogP contribution >= 0.6 is 0 Å². The third-order valence-corrected chi connectivity index (χ3v) is 4.61. The minimum absolute atomic E-state index is 0.114. The lowest BCUT2D eigenvalue weighted by Gasteiger charge is -2.11. The fourth-order valence-corrected chi connectivity index (χ4v) is 3.38. The van der Waals surface area contributed by atoms with Gasteiger partial charge in [-0.15, -0.1) is 0 Å². The van der Waals surface area contributed by atoms with Crippen LogP contribution in [0.3, 0.4) is 0 Å². The van der Waals surface area contributed by atoms with Gasteiger partial charge in [-0.25, -0.2) is 0 Å². The summed E-state index contributed by atoms with van der Waals surface area (Å²) in [6.45, 7) is 3.11. The molecule has 0 saturated heterocycles. The Bertz CT molecular complexity index is 1080. The minimum Gasteiger partial charge on any atom is -0.490 e. The highest BCUT2D eigenvalue weighted by atomic mass is 16.7. The van der Waals surface area contributed by atoms with Crippen LogP contribution in [-0.2, 0) is 0 Å². The van der Waals surface area contributed by atoms with Crippen LogP contribution in [0.1, 0.15) is 12.2 Å². The van der Waals surface area contributed by atoms with Crippen molar-refractivity contribution in [3.05, 3.63) is 46.3 Å². The topological polar surface area (TPSA) is 67.1 Å². The van der Waals surface area contributed by atoms with E-state index in [-0.39, 0.29) is 12.2 Å². The van der Waals surface area contributed by atoms with Crippen LogP contribution in [0.2, 0.25) is 0 Å². The quantitative estimate of drug-likeness (QED) is 0.666. The van der Waals surface area contributed by atoms with Gasteiger partial charge in [-0.05, 0) is 36.8 Å². The van der Waals surface area contributed by atoms with Crippen molar-refractivity contribution < 1.29 is 23.4 Å². The van der Waals surface area contributed by atoms with Gasteiger partial charge in [-0.3, -0.25) is 4.79 Å². The summed E-state index contributed by atoms with van der Waals surface area (Å²) in [5.74, 6) is 2.92. The summed E-state index contributed by atoms with van der Waals surface area (Å²) in [6.07, 6.45) is 0.828. The van der Waals surface area contributed by atoms with E-state index in [2.05, 4.69) is 0 Å². The summed E-state index contributed by atoms with van der Waals surface area (Å²) in [5, 5.41) is 0.460. The van der Waals surface area contributed by atoms with Gasteiger partial charge in [0, 0.05) is 6.42 Å². The van der Waals surface area contributed by atoms with E-state index in [4.69, 9.17) is 23.4 Å². The number of aryl methyl sites for hydroxylation is 1. The second-order valence-corrected chi connectivity index (χ2v) is 6.25. The molecule has 0 amide bonds. The van der Waals surface area contributed by atoms with Crippen molar-refractivity contribution >= 4 is 11.0 Å². The largest absolute Gasteiger partial charge is 0.490 e. The van der Waals surface area contributed by atoms with E-state index in [9.17, 15) is 4.79 Å². The molecule has 1 aromatic heterocycles. The molecular weight excluding hydrogens is 336 g/mol. The summed E-state index contributed by atoms with van der Waals surface area (Å²) in [7, 11) is 0. The molecule has 0 bridgehead atoms. The van der Waals surface area contributed by atoms with E-state index < -0.39 is 0 Å². The third-order valence-electron chi connectivity index (χ3n) is 4.61. The summed E-state index contributed by atoms with van der Waals surface area (Å²) < 4.78 is 28.2. The molecule has 2 aromatic carbocycles. The first-order valence-corrected chi connectivity index (χ1v) is 8.48. The van der Waals surface area contributed by atoms with Crippen molar-refractivity contribution in [3.8, 4) is 34.1 Å². The molecule has 0 N–H and O–H groups in total. The monoisotopic (exact) mass is 352 g/mol. The third kappa shape index (κ3) is 2.22. The van der Waals surface area contributed by atoms with E-state index in [1.54, 1.807) is 19.1 Å². The second-order valence-electron chi connectivity index (χ2n) is 6.25. The molecule has 5 rings (SSSR count). The van der Waals surface area contributed by atoms with Crippen molar-refractivity contribution in [2.45, 2.75) is 13.3 Å². The average molecular weight is 352 g/mol. The predicted octanol–water partition coefficient (Wildman–Crippen LogP) is 3.66. The Labute approximate surface area is 148 Å². The second kappa shape index (κ2) is 5.69. The Kier molecular flexibility index (Phi) is 3.31. The molecular formula is C20H16O6. The van der Waals surface area contributed by atoms with Crippen LogP contribution in [0.4, 0.5) is 0 Å². The molecule has 2 aliphatic rings. The van der Waals surface area contributed by atoms with E-state index in [1.807, 2.05) is 18.2 Å². The normalized spacial score (nSPS) is 15.1. The minimum atomic E-state index is -0.114. The molecule has 2 aliphatic heterocycles. The number of hydrogen-bond acceptors (Lipinski definition) is 6. The fraction of sp³-hybridized carbons (Fsp3) is 0.250. The summed E-state index contributed by atoms with van der Waals surface area (Å²) in [4.78, 5) is 13.2. The Hall–Kier alpha value is -3.15. The van der Waals surface area contributed by atoms with Crippen molar-refractivity contribution in [2.75, 3.05) is 20.0 Å². The maximum absolute atomic E-state index is 13.2. The van der Waals surface area contributed by atoms with Crippen molar-refractivity contribution in [2.24, 2.45) is 0 Å². The van der Waals surface area contributed by atoms with E-state index in [1.165, 1.54) is 0 Å². The zero-order chi connectivity index (χ0) is 17.7. The first-order chi connectivity index (χ1) is 12.7. The molecule has 0 unspecified atom stereocenters. The van der Waals surface area contributed by atoms with Gasteiger partial charge in [0.05, 0.1) is 24.2 Å². The lowest BCUT2D eigenvalue weighted by Crippen LogP contribution is -2.08. The smallest absolute Gasteiger partial charge is 0.231 e. The van der Waals surface area contributed by atoms with Crippen LogP contribution in [-0.4, -0.2) is 20.0 Å². The van der Waals surface area contributed by atoms with Crippen LogP contribution in [0.25, 0.3) is 22.1 Å². The number of ether oxygens (including phenoxy) is 4. The van der Waals surface area contributed by atoms with Gasteiger partial charge in [-0.1, -0.05) is 6.07 Å². The summed E-state index contributed by atoms with van der Waals surface area (Å²) in [5.41, 5.74) is 1.55. The molecule has 6 heteroatoms. The first kappa shape index (κ1) is 15.1. The molecule has 0 saturated carbocycles. The Morgan fingerprint density at radius 1 is 0.885 bits per heavy atom. The van der Waals surface area contributed by atoms with Crippen molar-refractivity contribution in [1.29, 1.82) is 0 Å². The Balaban J connectivity index is 1.72. The van der Waals surface area contributed by atoms with Gasteiger partial charge in [0.1, 0.15) is 5.76 Å². The molecule has 0 fully saturated rings. The van der Waals surface area contributed by atoms with E-state index in [0.717, 1.165) is 12.0 Å². The number of fused-ring (bicyclic) bond motifs is 4. The van der Waals surface area contributed by atoms with Crippen LogP contribution in [0, 0.1) is 6.92 Å². The molecule has 0 spiro atoms. The zero-order valence-corrected chi connectivity index (χ0v) is 14.2. The maximum Gasteiger partial charge on any atom is 0.231 e. The molecule has 3 aromatic rings. The van der Waals surface area contributed by atoms with Gasteiger partial charge in [-0.2, -0.15) is 0 Å². The lowest BCUT2D eigenvalue weighted by molar-refractivity contribution is 0.174. The van der Waals surface area contributed by atoms with Gasteiger partial charge in [0.2, 0.25) is 18.0 Å². The van der Waals surface area contributed by atoms with E-state index in [0.29, 0.717) is 58.5 Å². The maximum atomic E-state index is 13.2. The number of rotatable bonds is 1. The lowest BCUT2D eigenvalue weighted by atomic mass is 10.0. The molecule has 0 aliphatic carbocycles. The summed E-state index contributed by atoms with van der Waals surface area (Å²) in [6, 6.07) is 8.96. The number of benzene rings is 2. The highest BCUT2D eigenvalue weighted by molar-refractivity contribution is 5.89. The van der Waals surface area contributed by atoms with Gasteiger partial charge in [0.15, 0.2) is 22.8 Å². The molecule has 132 valence electrons. The average Bonchev–Trinajstić information content (AvgIpc) is 3.00. The molecule has 6 nitrogen and oxygen atoms in total. The zero-order valence-electron chi connectivity index (χ0n) is 14.2. The highest BCUT2D eigenvalue weighted by Gasteiger charge is 2.23. The molecule has 26 heavy (non-hydrogen) atoms. The number of hydrogen-bond donors (Lipinski definition) is 0. The Morgan fingerprint density at radius 2 is 1.69 bits per heavy atom. The Morgan fingerprint density at radius 3 is 2.58 bits per heavy atom. The molecule has 0 atom stereocenters. The van der Waals surface area contributed by atoms with Gasteiger partial charge in [0.25, 0.3) is 0 Å². The standard InChI is InChI=1S/C20H16O6/c1-11-17(12-3-5-14-16(9-12)23-8-2-7-22-14)18(21)13-4-6-15-20(19(13)26-11)25-10-24-15/h3-6,9H,2,7-8,10H2,1H3. The molecule has 3 heterocycles. The van der Waals surface area contributed by atoms with Crippen LogP contribution < -0.4 is 24.4 Å². The predicted molar refractivity (Wildman–Crippen MR) is 94.4 cm³/mol. The van der Waals surface area contributed by atoms with Crippen molar-refractivity contribution in [1.82, 2.24) is 0 Å². The SMILES string of the molecule is Cc1oc2c3c(ccc2c(=O)c1-c1ccc2c(c1)OCCCO2)OCO3. The van der Waals surface area contributed by atoms with E-state index >= 15 is 0 Å². The highest BCUT2D eigenvalue weighted by Crippen LogP contribution is 2.40. The van der Waals surface area contributed by atoms with Crippen molar-refractivity contribution in [3.63, 3.8) is 0 Å². The van der Waals surface area contributed by atoms with Gasteiger partial charge >= 0.3 is 0 Å².